The molecule has 3 amide bonds. The predicted octanol–water partition coefficient (Wildman–Crippen LogP) is 1.56. The second kappa shape index (κ2) is 6.81. The van der Waals surface area contributed by atoms with Crippen LogP contribution in [-0.2, 0) is 19.8 Å². The Bertz CT molecular complexity index is 686. The molecule has 0 aliphatic carbocycles. The third kappa shape index (κ3) is 3.53. The van der Waals surface area contributed by atoms with Gasteiger partial charge < -0.3 is 15.1 Å². The highest BCUT2D eigenvalue weighted by Crippen LogP contribution is 2.42. The van der Waals surface area contributed by atoms with E-state index in [1.54, 1.807) is 32.3 Å². The molecule has 1 aliphatic heterocycles. The standard InChI is InChI=1S/C17H22ClN3O3/c1-17(2)12-9-11(18)5-6-13(12)21(16(17)24)10-14(22)19-8-7-15(23)20(3)4/h5-6,9H,7-8,10H2,1-4H3,(H,19,22). The number of carbonyl (C=O) groups excluding carboxylic acids is 3. The van der Waals surface area contributed by atoms with Crippen molar-refractivity contribution in [2.75, 3.05) is 32.1 Å². The van der Waals surface area contributed by atoms with Crippen molar-refractivity contribution in [1.29, 1.82) is 0 Å². The second-order valence-corrected chi connectivity index (χ2v) is 7.00. The average Bonchev–Trinajstić information content (AvgIpc) is 2.68. The van der Waals surface area contributed by atoms with E-state index in [-0.39, 0.29) is 37.2 Å². The number of nitrogens with one attached hydrogen (secondary N) is 1. The summed E-state index contributed by atoms with van der Waals surface area (Å²) in [6.07, 6.45) is 0.227. The molecule has 0 radical (unpaired) electrons. The van der Waals surface area contributed by atoms with Crippen molar-refractivity contribution in [2.45, 2.75) is 25.7 Å². The molecule has 1 aromatic carbocycles. The summed E-state index contributed by atoms with van der Waals surface area (Å²) >= 11 is 6.03. The van der Waals surface area contributed by atoms with Crippen molar-refractivity contribution in [2.24, 2.45) is 0 Å². The molecular weight excluding hydrogens is 330 g/mol. The maximum atomic E-state index is 12.6. The van der Waals surface area contributed by atoms with Crippen LogP contribution in [0.1, 0.15) is 25.8 Å². The first-order valence-corrected chi connectivity index (χ1v) is 8.11. The molecule has 0 spiro atoms. The minimum Gasteiger partial charge on any atom is -0.354 e. The van der Waals surface area contributed by atoms with Crippen molar-refractivity contribution >= 4 is 35.0 Å². The lowest BCUT2D eigenvalue weighted by Gasteiger charge is -2.20. The number of nitrogens with zero attached hydrogens (tertiary/aromatic N) is 2. The minimum absolute atomic E-state index is 0.0614. The first kappa shape index (κ1) is 18.3. The Morgan fingerprint density at radius 3 is 2.58 bits per heavy atom. The Hall–Kier alpha value is -2.08. The Labute approximate surface area is 146 Å². The molecule has 24 heavy (non-hydrogen) atoms. The number of hydrogen-bond donors (Lipinski definition) is 1. The lowest BCUT2D eigenvalue weighted by molar-refractivity contribution is -0.129. The van der Waals surface area contributed by atoms with Crippen LogP contribution in [0, 0.1) is 0 Å². The van der Waals surface area contributed by atoms with Crippen molar-refractivity contribution in [3.8, 4) is 0 Å². The van der Waals surface area contributed by atoms with E-state index in [9.17, 15) is 14.4 Å². The maximum absolute atomic E-state index is 12.6. The summed E-state index contributed by atoms with van der Waals surface area (Å²) in [5.41, 5.74) is 0.797. The third-order valence-corrected chi connectivity index (χ3v) is 4.40. The molecule has 1 aromatic rings. The van der Waals surface area contributed by atoms with Gasteiger partial charge in [-0.25, -0.2) is 0 Å². The van der Waals surface area contributed by atoms with E-state index in [4.69, 9.17) is 11.6 Å². The minimum atomic E-state index is -0.721. The SMILES string of the molecule is CN(C)C(=O)CCNC(=O)CN1C(=O)C(C)(C)c2cc(Cl)ccc21. The van der Waals surface area contributed by atoms with Gasteiger partial charge in [0.2, 0.25) is 17.7 Å². The lowest BCUT2D eigenvalue weighted by atomic mass is 9.86. The zero-order valence-electron chi connectivity index (χ0n) is 14.4. The summed E-state index contributed by atoms with van der Waals surface area (Å²) in [5.74, 6) is -0.499. The molecule has 1 heterocycles. The highest BCUT2D eigenvalue weighted by Gasteiger charge is 2.44. The fraction of sp³-hybridized carbons (Fsp3) is 0.471. The Morgan fingerprint density at radius 2 is 1.96 bits per heavy atom. The summed E-state index contributed by atoms with van der Waals surface area (Å²) in [5, 5.41) is 3.24. The molecule has 2 rings (SSSR count). The first-order chi connectivity index (χ1) is 11.1. The number of benzene rings is 1. The van der Waals surface area contributed by atoms with Crippen LogP contribution in [-0.4, -0.2) is 49.8 Å². The topological polar surface area (TPSA) is 69.7 Å². The van der Waals surface area contributed by atoms with Crippen LogP contribution in [0.3, 0.4) is 0 Å². The summed E-state index contributed by atoms with van der Waals surface area (Å²) < 4.78 is 0. The van der Waals surface area contributed by atoms with Gasteiger partial charge in [0.15, 0.2) is 0 Å². The van der Waals surface area contributed by atoms with Gasteiger partial charge in [-0.3, -0.25) is 14.4 Å². The van der Waals surface area contributed by atoms with Crippen LogP contribution in [0.15, 0.2) is 18.2 Å². The average molecular weight is 352 g/mol. The number of amides is 3. The van der Waals surface area contributed by atoms with Gasteiger partial charge in [0.05, 0.1) is 5.41 Å². The van der Waals surface area contributed by atoms with Crippen molar-refractivity contribution in [1.82, 2.24) is 10.2 Å². The smallest absolute Gasteiger partial charge is 0.240 e. The summed E-state index contributed by atoms with van der Waals surface area (Å²) in [6, 6.07) is 5.23. The number of hydrogen-bond acceptors (Lipinski definition) is 3. The van der Waals surface area contributed by atoms with Crippen molar-refractivity contribution in [3.05, 3.63) is 28.8 Å². The lowest BCUT2D eigenvalue weighted by Crippen LogP contribution is -2.43. The number of anilines is 1. The summed E-state index contributed by atoms with van der Waals surface area (Å²) in [7, 11) is 3.33. The highest BCUT2D eigenvalue weighted by molar-refractivity contribution is 6.31. The van der Waals surface area contributed by atoms with E-state index < -0.39 is 5.41 Å². The summed E-state index contributed by atoms with van der Waals surface area (Å²) in [4.78, 5) is 39.2. The molecule has 0 saturated carbocycles. The first-order valence-electron chi connectivity index (χ1n) is 7.73. The van der Waals surface area contributed by atoms with Gasteiger partial charge in [-0.2, -0.15) is 0 Å². The van der Waals surface area contributed by atoms with E-state index >= 15 is 0 Å². The quantitative estimate of drug-likeness (QED) is 0.875. The van der Waals surface area contributed by atoms with Crippen LogP contribution in [0.4, 0.5) is 5.69 Å². The molecule has 0 unspecified atom stereocenters. The molecule has 0 fully saturated rings. The van der Waals surface area contributed by atoms with E-state index in [0.29, 0.717) is 10.7 Å². The van der Waals surface area contributed by atoms with Gasteiger partial charge in [-0.1, -0.05) is 11.6 Å². The Kier molecular flexibility index (Phi) is 5.18. The molecule has 7 heteroatoms. The van der Waals surface area contributed by atoms with E-state index in [2.05, 4.69) is 5.32 Å². The Morgan fingerprint density at radius 1 is 1.29 bits per heavy atom. The van der Waals surface area contributed by atoms with Crippen LogP contribution in [0.25, 0.3) is 0 Å². The largest absolute Gasteiger partial charge is 0.354 e. The number of halogens is 1. The normalized spacial score (nSPS) is 15.2. The predicted molar refractivity (Wildman–Crippen MR) is 93.2 cm³/mol. The van der Waals surface area contributed by atoms with E-state index in [1.807, 2.05) is 13.8 Å². The van der Waals surface area contributed by atoms with Crippen LogP contribution < -0.4 is 10.2 Å². The van der Waals surface area contributed by atoms with Crippen LogP contribution in [0.2, 0.25) is 5.02 Å². The van der Waals surface area contributed by atoms with E-state index in [1.165, 1.54) is 9.80 Å². The molecule has 6 nitrogen and oxygen atoms in total. The van der Waals surface area contributed by atoms with Gasteiger partial charge in [0.1, 0.15) is 6.54 Å². The van der Waals surface area contributed by atoms with Crippen LogP contribution in [0.5, 0.6) is 0 Å². The van der Waals surface area contributed by atoms with Crippen LogP contribution >= 0.6 is 11.6 Å². The molecule has 0 aromatic heterocycles. The number of fused-ring (bicyclic) bond motifs is 1. The monoisotopic (exact) mass is 351 g/mol. The van der Waals surface area contributed by atoms with Gasteiger partial charge in [0, 0.05) is 37.8 Å². The molecule has 0 bridgehead atoms. The molecule has 1 aliphatic rings. The van der Waals surface area contributed by atoms with E-state index in [0.717, 1.165) is 5.56 Å². The number of rotatable bonds is 5. The molecule has 0 atom stereocenters. The molecule has 0 saturated heterocycles. The van der Waals surface area contributed by atoms with Crippen molar-refractivity contribution < 1.29 is 14.4 Å². The second-order valence-electron chi connectivity index (χ2n) is 6.57. The molecule has 1 N–H and O–H groups in total. The van der Waals surface area contributed by atoms with Gasteiger partial charge >= 0.3 is 0 Å². The fourth-order valence-electron chi connectivity index (χ4n) is 2.70. The van der Waals surface area contributed by atoms with Crippen molar-refractivity contribution in [3.63, 3.8) is 0 Å². The van der Waals surface area contributed by atoms with Gasteiger partial charge in [0.25, 0.3) is 0 Å². The summed E-state index contributed by atoms with van der Waals surface area (Å²) in [6.45, 7) is 3.80. The highest BCUT2D eigenvalue weighted by atomic mass is 35.5. The zero-order valence-corrected chi connectivity index (χ0v) is 15.1. The van der Waals surface area contributed by atoms with Gasteiger partial charge in [-0.05, 0) is 37.6 Å². The maximum Gasteiger partial charge on any atom is 0.240 e. The number of carbonyl (C=O) groups is 3. The molecule has 130 valence electrons. The fourth-order valence-corrected chi connectivity index (χ4v) is 2.87. The van der Waals surface area contributed by atoms with Gasteiger partial charge in [-0.15, -0.1) is 0 Å². The zero-order chi connectivity index (χ0) is 18.1. The Balaban J connectivity index is 2.04. The molecular formula is C17H22ClN3O3. The third-order valence-electron chi connectivity index (χ3n) is 4.16.